The van der Waals surface area contributed by atoms with Gasteiger partial charge in [0.15, 0.2) is 11.5 Å². The molecule has 0 aliphatic carbocycles. The molecule has 1 aromatic heterocycles. The van der Waals surface area contributed by atoms with E-state index in [2.05, 4.69) is 22.5 Å². The smallest absolute Gasteiger partial charge is 0.217 e. The lowest BCUT2D eigenvalue weighted by molar-refractivity contribution is -0.119. The molecule has 0 aliphatic rings. The van der Waals surface area contributed by atoms with Crippen molar-refractivity contribution >= 4 is 16.9 Å². The maximum absolute atomic E-state index is 11.5. The van der Waals surface area contributed by atoms with Gasteiger partial charge >= 0.3 is 0 Å². The normalized spacial score (nSPS) is 11.8. The van der Waals surface area contributed by atoms with E-state index in [0.29, 0.717) is 6.61 Å². The topological polar surface area (TPSA) is 65.4 Å². The van der Waals surface area contributed by atoms with Crippen LogP contribution >= 0.6 is 0 Å². The Hall–Kier alpha value is -3.28. The van der Waals surface area contributed by atoms with Crippen LogP contribution in [0.25, 0.3) is 11.0 Å². The van der Waals surface area contributed by atoms with E-state index in [4.69, 9.17) is 14.5 Å². The summed E-state index contributed by atoms with van der Waals surface area (Å²) in [7, 11) is 1.65. The second kappa shape index (κ2) is 10.7. The summed E-state index contributed by atoms with van der Waals surface area (Å²) in [6, 6.07) is 13.9. The highest BCUT2D eigenvalue weighted by atomic mass is 16.5. The fourth-order valence-corrected chi connectivity index (χ4v) is 3.71. The van der Waals surface area contributed by atoms with Gasteiger partial charge in [0.1, 0.15) is 5.82 Å². The number of imidazole rings is 1. The third kappa shape index (κ3) is 5.66. The minimum atomic E-state index is -0.153. The molecule has 1 unspecified atom stereocenters. The fourth-order valence-electron chi connectivity index (χ4n) is 3.71. The quantitative estimate of drug-likeness (QED) is 0.356. The predicted molar refractivity (Wildman–Crippen MR) is 124 cm³/mol. The Bertz CT molecular complexity index is 1040. The zero-order valence-electron chi connectivity index (χ0n) is 18.6. The second-order valence-electron chi connectivity index (χ2n) is 7.57. The van der Waals surface area contributed by atoms with Crippen molar-refractivity contribution in [2.75, 3.05) is 13.7 Å². The van der Waals surface area contributed by atoms with Gasteiger partial charge in [0.05, 0.1) is 30.8 Å². The SMILES string of the molecule is C=CCc1ccc(OCCCCn2c(C(C)NC(C)=O)nc3ccccc32)c(OC)c1. The number of fused-ring (bicyclic) bond motifs is 1. The maximum Gasteiger partial charge on any atom is 0.217 e. The van der Waals surface area contributed by atoms with Gasteiger partial charge in [0.25, 0.3) is 0 Å². The summed E-state index contributed by atoms with van der Waals surface area (Å²) in [4.78, 5) is 16.3. The minimum Gasteiger partial charge on any atom is -0.493 e. The molecule has 1 heterocycles. The van der Waals surface area contributed by atoms with Crippen molar-refractivity contribution < 1.29 is 14.3 Å². The zero-order chi connectivity index (χ0) is 22.2. The molecule has 2 aromatic carbocycles. The number of nitrogens with zero attached hydrogens (tertiary/aromatic N) is 2. The van der Waals surface area contributed by atoms with Gasteiger partial charge in [0, 0.05) is 13.5 Å². The van der Waals surface area contributed by atoms with Crippen molar-refractivity contribution in [1.82, 2.24) is 14.9 Å². The summed E-state index contributed by atoms with van der Waals surface area (Å²) < 4.78 is 13.6. The number of hydrogen-bond acceptors (Lipinski definition) is 4. The number of amides is 1. The molecule has 3 aromatic rings. The number of benzene rings is 2. The van der Waals surface area contributed by atoms with Crippen molar-refractivity contribution in [2.24, 2.45) is 0 Å². The molecule has 0 bridgehead atoms. The van der Waals surface area contributed by atoms with Crippen molar-refractivity contribution in [3.63, 3.8) is 0 Å². The highest BCUT2D eigenvalue weighted by Gasteiger charge is 2.17. The van der Waals surface area contributed by atoms with Gasteiger partial charge in [0.2, 0.25) is 5.91 Å². The Morgan fingerprint density at radius 1 is 1.23 bits per heavy atom. The first kappa shape index (κ1) is 22.4. The van der Waals surface area contributed by atoms with Crippen molar-refractivity contribution in [3.05, 3.63) is 66.5 Å². The Morgan fingerprint density at radius 2 is 2.03 bits per heavy atom. The van der Waals surface area contributed by atoms with Gasteiger partial charge in [-0.25, -0.2) is 4.98 Å². The number of allylic oxidation sites excluding steroid dienone is 1. The van der Waals surface area contributed by atoms with Crippen LogP contribution in [0, 0.1) is 0 Å². The van der Waals surface area contributed by atoms with Gasteiger partial charge in [-0.05, 0) is 56.0 Å². The molecule has 0 radical (unpaired) electrons. The number of carbonyl (C=O) groups excluding carboxylic acids is 1. The molecule has 0 fully saturated rings. The van der Waals surface area contributed by atoms with E-state index in [1.165, 1.54) is 6.92 Å². The van der Waals surface area contributed by atoms with Crippen LogP contribution in [0.5, 0.6) is 11.5 Å². The van der Waals surface area contributed by atoms with E-state index in [9.17, 15) is 4.79 Å². The van der Waals surface area contributed by atoms with Crippen molar-refractivity contribution in [2.45, 2.75) is 45.7 Å². The van der Waals surface area contributed by atoms with E-state index in [1.807, 2.05) is 49.4 Å². The Morgan fingerprint density at radius 3 is 2.77 bits per heavy atom. The highest BCUT2D eigenvalue weighted by molar-refractivity contribution is 5.77. The van der Waals surface area contributed by atoms with E-state index in [1.54, 1.807) is 7.11 Å². The molecule has 0 spiro atoms. The summed E-state index contributed by atoms with van der Waals surface area (Å²) >= 11 is 0. The number of aryl methyl sites for hydroxylation is 1. The number of rotatable bonds is 11. The Labute approximate surface area is 183 Å². The molecule has 6 nitrogen and oxygen atoms in total. The number of unbranched alkanes of at least 4 members (excludes halogenated alkanes) is 1. The average molecular weight is 422 g/mol. The van der Waals surface area contributed by atoms with Crippen LogP contribution in [0.4, 0.5) is 0 Å². The average Bonchev–Trinajstić information content (AvgIpc) is 3.13. The van der Waals surface area contributed by atoms with Gasteiger partial charge in [-0.3, -0.25) is 4.79 Å². The van der Waals surface area contributed by atoms with E-state index in [0.717, 1.165) is 59.7 Å². The molecular weight excluding hydrogens is 390 g/mol. The van der Waals surface area contributed by atoms with Crippen molar-refractivity contribution in [1.29, 1.82) is 0 Å². The minimum absolute atomic E-state index is 0.0624. The predicted octanol–water partition coefficient (Wildman–Crippen LogP) is 4.83. The van der Waals surface area contributed by atoms with Gasteiger partial charge in [-0.2, -0.15) is 0 Å². The molecular formula is C25H31N3O3. The first-order valence-electron chi connectivity index (χ1n) is 10.7. The van der Waals surface area contributed by atoms with Crippen LogP contribution in [-0.4, -0.2) is 29.2 Å². The van der Waals surface area contributed by atoms with Crippen LogP contribution in [0.2, 0.25) is 0 Å². The Kier molecular flexibility index (Phi) is 7.70. The third-order valence-corrected chi connectivity index (χ3v) is 5.13. The first-order chi connectivity index (χ1) is 15.0. The molecule has 0 aliphatic heterocycles. The molecule has 1 atom stereocenters. The number of para-hydroxylation sites is 2. The Balaban J connectivity index is 1.62. The zero-order valence-corrected chi connectivity index (χ0v) is 18.6. The van der Waals surface area contributed by atoms with E-state index in [-0.39, 0.29) is 11.9 Å². The monoisotopic (exact) mass is 421 g/mol. The maximum atomic E-state index is 11.5. The summed E-state index contributed by atoms with van der Waals surface area (Å²) in [6.07, 6.45) is 4.49. The van der Waals surface area contributed by atoms with Crippen LogP contribution in [0.3, 0.4) is 0 Å². The molecule has 164 valence electrons. The van der Waals surface area contributed by atoms with Crippen LogP contribution < -0.4 is 14.8 Å². The molecule has 0 saturated heterocycles. The first-order valence-corrected chi connectivity index (χ1v) is 10.7. The van der Waals surface area contributed by atoms with Crippen LogP contribution in [-0.2, 0) is 17.8 Å². The lowest BCUT2D eigenvalue weighted by Crippen LogP contribution is -2.26. The van der Waals surface area contributed by atoms with Gasteiger partial charge in [-0.15, -0.1) is 6.58 Å². The lowest BCUT2D eigenvalue weighted by Gasteiger charge is -2.16. The number of methoxy groups -OCH3 is 1. The highest BCUT2D eigenvalue weighted by Crippen LogP contribution is 2.28. The van der Waals surface area contributed by atoms with E-state index < -0.39 is 0 Å². The number of nitrogens with one attached hydrogen (secondary N) is 1. The number of ether oxygens (including phenoxy) is 2. The standard InChI is InChI=1S/C25H31N3O3/c1-5-10-20-13-14-23(24(17-20)30-4)31-16-9-8-15-28-22-12-7-6-11-21(22)27-25(28)18(2)26-19(3)29/h5-7,11-14,17-18H,1,8-10,15-16H2,2-4H3,(H,26,29). The summed E-state index contributed by atoms with van der Waals surface area (Å²) in [5, 5.41) is 2.94. The largest absolute Gasteiger partial charge is 0.493 e. The summed E-state index contributed by atoms with van der Waals surface area (Å²) in [6.45, 7) is 8.67. The number of aromatic nitrogens is 2. The third-order valence-electron chi connectivity index (χ3n) is 5.13. The van der Waals surface area contributed by atoms with Crippen molar-refractivity contribution in [3.8, 4) is 11.5 Å². The van der Waals surface area contributed by atoms with Gasteiger partial charge in [-0.1, -0.05) is 24.3 Å². The second-order valence-corrected chi connectivity index (χ2v) is 7.57. The van der Waals surface area contributed by atoms with Crippen LogP contribution in [0.1, 0.15) is 44.1 Å². The summed E-state index contributed by atoms with van der Waals surface area (Å²) in [5.41, 5.74) is 3.16. The summed E-state index contributed by atoms with van der Waals surface area (Å²) in [5.74, 6) is 2.30. The molecule has 6 heteroatoms. The van der Waals surface area contributed by atoms with Gasteiger partial charge < -0.3 is 19.4 Å². The molecule has 3 rings (SSSR count). The lowest BCUT2D eigenvalue weighted by atomic mass is 10.1. The van der Waals surface area contributed by atoms with Crippen LogP contribution in [0.15, 0.2) is 55.1 Å². The molecule has 1 N–H and O–H groups in total. The van der Waals surface area contributed by atoms with E-state index >= 15 is 0 Å². The molecule has 0 saturated carbocycles. The number of carbonyl (C=O) groups is 1. The molecule has 31 heavy (non-hydrogen) atoms. The molecule has 1 amide bonds. The fraction of sp³-hybridized carbons (Fsp3) is 0.360. The number of hydrogen-bond donors (Lipinski definition) is 1.